The standard InChI is InChI=1S/C14H23N3O/c1-11-8-14(12(10-18)9-15-11)17(3)13-4-6-16(2)7-5-13/h8-9,13,18H,4-7,10H2,1-3H3. The monoisotopic (exact) mass is 249 g/mol. The molecule has 1 aliphatic heterocycles. The van der Waals surface area contributed by atoms with Crippen LogP contribution in [0.4, 0.5) is 5.69 Å². The Morgan fingerprint density at radius 2 is 2.11 bits per heavy atom. The van der Waals surface area contributed by atoms with Crippen LogP contribution >= 0.6 is 0 Å². The number of aliphatic hydroxyl groups excluding tert-OH is 1. The van der Waals surface area contributed by atoms with E-state index in [0.29, 0.717) is 6.04 Å². The van der Waals surface area contributed by atoms with E-state index in [-0.39, 0.29) is 6.61 Å². The van der Waals surface area contributed by atoms with Gasteiger partial charge in [0.25, 0.3) is 0 Å². The molecule has 0 aromatic carbocycles. The maximum Gasteiger partial charge on any atom is 0.0717 e. The maximum absolute atomic E-state index is 9.42. The molecule has 0 spiro atoms. The second-order valence-electron chi connectivity index (χ2n) is 5.26. The molecule has 18 heavy (non-hydrogen) atoms. The highest BCUT2D eigenvalue weighted by atomic mass is 16.3. The lowest BCUT2D eigenvalue weighted by molar-refractivity contribution is 0.251. The molecule has 100 valence electrons. The van der Waals surface area contributed by atoms with Crippen LogP contribution in [0, 0.1) is 6.92 Å². The third-order valence-corrected chi connectivity index (χ3v) is 3.88. The smallest absolute Gasteiger partial charge is 0.0717 e. The number of hydrogen-bond acceptors (Lipinski definition) is 4. The molecule has 1 aromatic heterocycles. The molecule has 2 heterocycles. The Labute approximate surface area is 109 Å². The number of anilines is 1. The summed E-state index contributed by atoms with van der Waals surface area (Å²) < 4.78 is 0. The predicted octanol–water partition coefficient (Wildman–Crippen LogP) is 1.41. The molecule has 1 saturated heterocycles. The van der Waals surface area contributed by atoms with Crippen molar-refractivity contribution in [2.45, 2.75) is 32.4 Å². The molecule has 0 aliphatic carbocycles. The minimum absolute atomic E-state index is 0.0551. The Morgan fingerprint density at radius 1 is 1.44 bits per heavy atom. The number of hydrogen-bond donors (Lipinski definition) is 1. The van der Waals surface area contributed by atoms with Gasteiger partial charge in [-0.2, -0.15) is 0 Å². The number of aromatic nitrogens is 1. The molecule has 0 saturated carbocycles. The molecular weight excluding hydrogens is 226 g/mol. The van der Waals surface area contributed by atoms with Crippen LogP contribution in [0.15, 0.2) is 12.3 Å². The van der Waals surface area contributed by atoms with Crippen molar-refractivity contribution >= 4 is 5.69 Å². The van der Waals surface area contributed by atoms with Gasteiger partial charge in [0, 0.05) is 36.2 Å². The van der Waals surface area contributed by atoms with E-state index < -0.39 is 0 Å². The molecule has 0 amide bonds. The first kappa shape index (κ1) is 13.3. The number of rotatable bonds is 3. The molecule has 4 heteroatoms. The highest BCUT2D eigenvalue weighted by Gasteiger charge is 2.22. The average Bonchev–Trinajstić information content (AvgIpc) is 2.39. The van der Waals surface area contributed by atoms with Gasteiger partial charge in [-0.05, 0) is 46.0 Å². The first-order chi connectivity index (χ1) is 8.61. The van der Waals surface area contributed by atoms with Gasteiger partial charge in [0.15, 0.2) is 0 Å². The number of aryl methyl sites for hydroxylation is 1. The average molecular weight is 249 g/mol. The maximum atomic E-state index is 9.42. The molecule has 4 nitrogen and oxygen atoms in total. The van der Waals surface area contributed by atoms with Crippen molar-refractivity contribution in [3.63, 3.8) is 0 Å². The van der Waals surface area contributed by atoms with Crippen molar-refractivity contribution in [2.24, 2.45) is 0 Å². The summed E-state index contributed by atoms with van der Waals surface area (Å²) in [4.78, 5) is 8.94. The topological polar surface area (TPSA) is 39.6 Å². The molecule has 1 fully saturated rings. The van der Waals surface area contributed by atoms with Crippen molar-refractivity contribution < 1.29 is 5.11 Å². The molecule has 0 radical (unpaired) electrons. The van der Waals surface area contributed by atoms with Crippen LogP contribution in [0.5, 0.6) is 0 Å². The fraction of sp³-hybridized carbons (Fsp3) is 0.643. The first-order valence-corrected chi connectivity index (χ1v) is 6.59. The van der Waals surface area contributed by atoms with Crippen LogP contribution in [0.2, 0.25) is 0 Å². The second kappa shape index (κ2) is 5.67. The molecule has 0 unspecified atom stereocenters. The molecule has 1 aliphatic rings. The van der Waals surface area contributed by atoms with E-state index in [1.54, 1.807) is 6.20 Å². The lowest BCUT2D eigenvalue weighted by Gasteiger charge is -2.37. The van der Waals surface area contributed by atoms with Gasteiger partial charge in [-0.15, -0.1) is 0 Å². The molecule has 2 rings (SSSR count). The number of nitrogens with zero attached hydrogens (tertiary/aromatic N) is 3. The summed E-state index contributed by atoms with van der Waals surface area (Å²) in [5.41, 5.74) is 3.04. The number of pyridine rings is 1. The van der Waals surface area contributed by atoms with Crippen LogP contribution in [0.1, 0.15) is 24.1 Å². The largest absolute Gasteiger partial charge is 0.392 e. The lowest BCUT2D eigenvalue weighted by atomic mass is 10.0. The van der Waals surface area contributed by atoms with Crippen molar-refractivity contribution in [3.05, 3.63) is 23.5 Å². The van der Waals surface area contributed by atoms with E-state index >= 15 is 0 Å². The highest BCUT2D eigenvalue weighted by molar-refractivity contribution is 5.53. The minimum atomic E-state index is 0.0551. The summed E-state index contributed by atoms with van der Waals surface area (Å²) in [6, 6.07) is 2.64. The minimum Gasteiger partial charge on any atom is -0.392 e. The van der Waals surface area contributed by atoms with E-state index in [0.717, 1.165) is 30.0 Å². The van der Waals surface area contributed by atoms with Gasteiger partial charge in [0.2, 0.25) is 0 Å². The van der Waals surface area contributed by atoms with E-state index in [1.165, 1.54) is 12.8 Å². The molecule has 0 atom stereocenters. The Morgan fingerprint density at radius 3 is 2.72 bits per heavy atom. The zero-order chi connectivity index (χ0) is 13.1. The van der Waals surface area contributed by atoms with E-state index in [2.05, 4.69) is 34.9 Å². The third-order valence-electron chi connectivity index (χ3n) is 3.88. The Bertz CT molecular complexity index is 400. The van der Waals surface area contributed by atoms with Gasteiger partial charge >= 0.3 is 0 Å². The van der Waals surface area contributed by atoms with Gasteiger partial charge in [-0.3, -0.25) is 4.98 Å². The number of likely N-dealkylation sites (tertiary alicyclic amines) is 1. The van der Waals surface area contributed by atoms with Gasteiger partial charge in [-0.25, -0.2) is 0 Å². The van der Waals surface area contributed by atoms with Crippen molar-refractivity contribution in [1.29, 1.82) is 0 Å². The van der Waals surface area contributed by atoms with Gasteiger partial charge in [-0.1, -0.05) is 0 Å². The molecule has 0 bridgehead atoms. The fourth-order valence-corrected chi connectivity index (χ4v) is 2.60. The van der Waals surface area contributed by atoms with Crippen molar-refractivity contribution in [3.8, 4) is 0 Å². The Balaban J connectivity index is 2.17. The van der Waals surface area contributed by atoms with Crippen molar-refractivity contribution in [2.75, 3.05) is 32.1 Å². The number of piperidine rings is 1. The van der Waals surface area contributed by atoms with E-state index in [1.807, 2.05) is 6.92 Å². The van der Waals surface area contributed by atoms with Crippen LogP contribution in [0.3, 0.4) is 0 Å². The fourth-order valence-electron chi connectivity index (χ4n) is 2.60. The Kier molecular flexibility index (Phi) is 4.19. The normalized spacial score (nSPS) is 18.0. The van der Waals surface area contributed by atoms with Crippen LogP contribution < -0.4 is 4.90 Å². The van der Waals surface area contributed by atoms with E-state index in [4.69, 9.17) is 0 Å². The number of aliphatic hydroxyl groups is 1. The zero-order valence-corrected chi connectivity index (χ0v) is 11.6. The predicted molar refractivity (Wildman–Crippen MR) is 73.8 cm³/mol. The van der Waals surface area contributed by atoms with Gasteiger partial charge < -0.3 is 14.9 Å². The third kappa shape index (κ3) is 2.82. The summed E-state index contributed by atoms with van der Waals surface area (Å²) in [6.07, 6.45) is 4.15. The van der Waals surface area contributed by atoms with Crippen LogP contribution in [-0.2, 0) is 6.61 Å². The molecular formula is C14H23N3O. The molecule has 1 aromatic rings. The van der Waals surface area contributed by atoms with Gasteiger partial charge in [0.1, 0.15) is 0 Å². The second-order valence-corrected chi connectivity index (χ2v) is 5.26. The lowest BCUT2D eigenvalue weighted by Crippen LogP contribution is -2.42. The van der Waals surface area contributed by atoms with E-state index in [9.17, 15) is 5.11 Å². The van der Waals surface area contributed by atoms with Crippen molar-refractivity contribution in [1.82, 2.24) is 9.88 Å². The van der Waals surface area contributed by atoms with Crippen LogP contribution in [-0.4, -0.2) is 48.2 Å². The quantitative estimate of drug-likeness (QED) is 0.879. The van der Waals surface area contributed by atoms with Crippen LogP contribution in [0.25, 0.3) is 0 Å². The summed E-state index contributed by atoms with van der Waals surface area (Å²) in [5, 5.41) is 9.42. The summed E-state index contributed by atoms with van der Waals surface area (Å²) in [6.45, 7) is 4.34. The highest BCUT2D eigenvalue weighted by Crippen LogP contribution is 2.25. The van der Waals surface area contributed by atoms with Gasteiger partial charge in [0.05, 0.1) is 6.61 Å². The SMILES string of the molecule is Cc1cc(N(C)C2CCN(C)CC2)c(CO)cn1. The summed E-state index contributed by atoms with van der Waals surface area (Å²) in [5.74, 6) is 0. The molecule has 1 N–H and O–H groups in total. The first-order valence-electron chi connectivity index (χ1n) is 6.59. The summed E-state index contributed by atoms with van der Waals surface area (Å²) >= 11 is 0. The Hall–Kier alpha value is -1.13. The zero-order valence-electron chi connectivity index (χ0n) is 11.6. The summed E-state index contributed by atoms with van der Waals surface area (Å²) in [7, 11) is 4.30.